The normalized spacial score (nSPS) is 23.2. The van der Waals surface area contributed by atoms with Crippen LogP contribution in [0.2, 0.25) is 0 Å². The number of carbonyl (C=O) groups excluding carboxylic acids is 1. The second-order valence-electron chi connectivity index (χ2n) is 10.3. The summed E-state index contributed by atoms with van der Waals surface area (Å²) in [6.07, 6.45) is 0.731. The summed E-state index contributed by atoms with van der Waals surface area (Å²) < 4.78 is 51.8. The Kier molecular flexibility index (Phi) is 8.14. The SMILES string of the molecule is CC(C#N)NC(=O)[C@@H]1C[C@@H](F)CC[C@H]1c1nc(-c2ccc(F)cn2)sc1-c1ccc(N2CCS(=O)(=O)CC2)cc1. The Morgan fingerprint density at radius 3 is 2.55 bits per heavy atom. The lowest BCUT2D eigenvalue weighted by Crippen LogP contribution is -2.41. The fourth-order valence-corrected chi connectivity index (χ4v) is 7.60. The summed E-state index contributed by atoms with van der Waals surface area (Å²) in [7, 11) is -3.00. The number of hydrogen-bond acceptors (Lipinski definition) is 8. The molecule has 2 aliphatic rings. The summed E-state index contributed by atoms with van der Waals surface area (Å²) in [6.45, 7) is 2.44. The van der Waals surface area contributed by atoms with Crippen molar-refractivity contribution < 1.29 is 22.0 Å². The van der Waals surface area contributed by atoms with Gasteiger partial charge in [-0.2, -0.15) is 5.26 Å². The first-order valence-corrected chi connectivity index (χ1v) is 15.8. The van der Waals surface area contributed by atoms with Gasteiger partial charge in [-0.25, -0.2) is 22.2 Å². The number of rotatable bonds is 6. The maximum Gasteiger partial charge on any atom is 0.224 e. The summed E-state index contributed by atoms with van der Waals surface area (Å²) in [4.78, 5) is 25.1. The molecule has 1 aliphatic carbocycles. The summed E-state index contributed by atoms with van der Waals surface area (Å²) >= 11 is 1.37. The molecule has 3 aromatic rings. The van der Waals surface area contributed by atoms with Gasteiger partial charge in [-0.05, 0) is 56.0 Å². The smallest absolute Gasteiger partial charge is 0.224 e. The molecule has 1 saturated heterocycles. The number of thiazole rings is 1. The maximum atomic E-state index is 14.6. The summed E-state index contributed by atoms with van der Waals surface area (Å²) in [5.41, 5.74) is 2.90. The Hall–Kier alpha value is -3.43. The minimum Gasteiger partial charge on any atom is -0.369 e. The number of halogens is 2. The molecule has 1 aliphatic heterocycles. The van der Waals surface area contributed by atoms with Crippen molar-refractivity contribution in [1.29, 1.82) is 5.26 Å². The molecule has 1 saturated carbocycles. The zero-order valence-corrected chi connectivity index (χ0v) is 23.5. The van der Waals surface area contributed by atoms with Gasteiger partial charge in [0.1, 0.15) is 23.0 Å². The van der Waals surface area contributed by atoms with E-state index < -0.39 is 33.8 Å². The molecule has 4 atom stereocenters. The molecule has 2 aromatic heterocycles. The van der Waals surface area contributed by atoms with E-state index in [2.05, 4.69) is 10.3 Å². The second kappa shape index (κ2) is 11.6. The molecule has 210 valence electrons. The molecule has 1 N–H and O–H groups in total. The van der Waals surface area contributed by atoms with Gasteiger partial charge in [0.05, 0.1) is 40.0 Å². The third kappa shape index (κ3) is 6.15. The van der Waals surface area contributed by atoms with Gasteiger partial charge < -0.3 is 10.2 Å². The van der Waals surface area contributed by atoms with E-state index in [0.29, 0.717) is 42.3 Å². The number of hydrogen-bond donors (Lipinski definition) is 1. The van der Waals surface area contributed by atoms with E-state index in [9.17, 15) is 27.3 Å². The quantitative estimate of drug-likeness (QED) is 0.453. The fraction of sp³-hybridized carbons (Fsp3) is 0.429. The minimum atomic E-state index is -3.00. The van der Waals surface area contributed by atoms with Crippen LogP contribution in [0.3, 0.4) is 0 Å². The van der Waals surface area contributed by atoms with Crippen LogP contribution in [0.4, 0.5) is 14.5 Å². The van der Waals surface area contributed by atoms with Gasteiger partial charge in [0.15, 0.2) is 9.84 Å². The van der Waals surface area contributed by atoms with Gasteiger partial charge in [-0.3, -0.25) is 9.78 Å². The third-order valence-electron chi connectivity index (χ3n) is 7.47. The number of carbonyl (C=O) groups is 1. The highest BCUT2D eigenvalue weighted by Crippen LogP contribution is 2.46. The van der Waals surface area contributed by atoms with Crippen molar-refractivity contribution in [1.82, 2.24) is 15.3 Å². The van der Waals surface area contributed by atoms with E-state index in [0.717, 1.165) is 22.3 Å². The molecular weight excluding hydrogens is 556 g/mol. The van der Waals surface area contributed by atoms with E-state index >= 15 is 0 Å². The highest BCUT2D eigenvalue weighted by Gasteiger charge is 2.39. The highest BCUT2D eigenvalue weighted by molar-refractivity contribution is 7.91. The van der Waals surface area contributed by atoms with Gasteiger partial charge in [-0.1, -0.05) is 12.1 Å². The number of sulfone groups is 1. The van der Waals surface area contributed by atoms with Crippen molar-refractivity contribution in [2.24, 2.45) is 5.92 Å². The molecule has 0 spiro atoms. The zero-order chi connectivity index (χ0) is 28.4. The lowest BCUT2D eigenvalue weighted by Gasteiger charge is -2.32. The predicted molar refractivity (Wildman–Crippen MR) is 150 cm³/mol. The molecule has 2 fully saturated rings. The van der Waals surface area contributed by atoms with Crippen LogP contribution < -0.4 is 10.2 Å². The van der Waals surface area contributed by atoms with Crippen LogP contribution in [0.1, 0.15) is 37.8 Å². The molecular formula is C28H29F2N5O3S2. The Labute approximate surface area is 236 Å². The number of nitrogens with zero attached hydrogens (tertiary/aromatic N) is 4. The third-order valence-corrected chi connectivity index (χ3v) is 10.2. The summed E-state index contributed by atoms with van der Waals surface area (Å²) in [5, 5.41) is 12.4. The van der Waals surface area contributed by atoms with Crippen LogP contribution >= 0.6 is 11.3 Å². The largest absolute Gasteiger partial charge is 0.369 e. The molecule has 0 bridgehead atoms. The van der Waals surface area contributed by atoms with Crippen LogP contribution in [-0.2, 0) is 14.6 Å². The predicted octanol–water partition coefficient (Wildman–Crippen LogP) is 4.50. The maximum absolute atomic E-state index is 14.6. The monoisotopic (exact) mass is 585 g/mol. The van der Waals surface area contributed by atoms with Gasteiger partial charge >= 0.3 is 0 Å². The van der Waals surface area contributed by atoms with Gasteiger partial charge in [0.2, 0.25) is 5.91 Å². The standard InChI is InChI=1S/C28H29F2N5O3S2/c1-17(15-31)33-27(36)23-14-19(29)4-8-22(23)25-26(39-28(34-25)24-9-5-20(30)16-32-24)18-2-6-21(7-3-18)35-10-12-40(37,38)13-11-35/h2-3,5-7,9,16-17,19,22-23H,4,8,10-14H2,1H3,(H,33,36)/t17?,19-,22+,23+/m0/s1. The molecule has 12 heteroatoms. The Morgan fingerprint density at radius 1 is 1.18 bits per heavy atom. The Bertz CT molecular complexity index is 1510. The van der Waals surface area contributed by atoms with Crippen LogP contribution in [0.15, 0.2) is 42.6 Å². The Balaban J connectivity index is 1.52. The van der Waals surface area contributed by atoms with Gasteiger partial charge in [0.25, 0.3) is 0 Å². The molecule has 0 radical (unpaired) electrons. The van der Waals surface area contributed by atoms with Crippen molar-refractivity contribution >= 4 is 32.8 Å². The highest BCUT2D eigenvalue weighted by atomic mass is 32.2. The molecule has 5 rings (SSSR count). The number of pyridine rings is 1. The molecule has 8 nitrogen and oxygen atoms in total. The first-order valence-electron chi connectivity index (χ1n) is 13.2. The first-order chi connectivity index (χ1) is 19.1. The van der Waals surface area contributed by atoms with E-state index in [1.807, 2.05) is 35.2 Å². The zero-order valence-electron chi connectivity index (χ0n) is 21.9. The minimum absolute atomic E-state index is 0.0343. The van der Waals surface area contributed by atoms with Crippen molar-refractivity contribution in [3.63, 3.8) is 0 Å². The average molecular weight is 586 g/mol. The number of amides is 1. The second-order valence-corrected chi connectivity index (χ2v) is 13.6. The number of alkyl halides is 1. The molecule has 40 heavy (non-hydrogen) atoms. The van der Waals surface area contributed by atoms with Gasteiger partial charge in [-0.15, -0.1) is 11.3 Å². The van der Waals surface area contributed by atoms with Crippen molar-refractivity contribution in [3.8, 4) is 27.2 Å². The van der Waals surface area contributed by atoms with Crippen LogP contribution in [-0.4, -0.2) is 61.1 Å². The lowest BCUT2D eigenvalue weighted by atomic mass is 9.75. The van der Waals surface area contributed by atoms with E-state index in [-0.39, 0.29) is 29.8 Å². The summed E-state index contributed by atoms with van der Waals surface area (Å²) in [6, 6.07) is 11.9. The van der Waals surface area contributed by atoms with Crippen LogP contribution in [0.5, 0.6) is 0 Å². The lowest BCUT2D eigenvalue weighted by molar-refractivity contribution is -0.127. The Morgan fingerprint density at radius 2 is 1.90 bits per heavy atom. The molecule has 1 aromatic carbocycles. The summed E-state index contributed by atoms with van der Waals surface area (Å²) in [5.74, 6) is -1.70. The number of nitrogens with one attached hydrogen (secondary N) is 1. The number of nitriles is 1. The number of benzene rings is 1. The fourth-order valence-electron chi connectivity index (χ4n) is 5.29. The van der Waals surface area contributed by atoms with E-state index in [1.54, 1.807) is 13.0 Å². The van der Waals surface area contributed by atoms with Crippen molar-refractivity contribution in [2.45, 2.75) is 44.3 Å². The molecule has 1 amide bonds. The average Bonchev–Trinajstić information content (AvgIpc) is 3.38. The van der Waals surface area contributed by atoms with Gasteiger partial charge in [0, 0.05) is 30.6 Å². The van der Waals surface area contributed by atoms with Crippen LogP contribution in [0.25, 0.3) is 21.1 Å². The topological polar surface area (TPSA) is 116 Å². The van der Waals surface area contributed by atoms with Crippen molar-refractivity contribution in [3.05, 3.63) is 54.1 Å². The molecule has 1 unspecified atom stereocenters. The van der Waals surface area contributed by atoms with Crippen molar-refractivity contribution in [2.75, 3.05) is 29.5 Å². The van der Waals surface area contributed by atoms with Crippen LogP contribution in [0, 0.1) is 23.1 Å². The van der Waals surface area contributed by atoms with E-state index in [1.165, 1.54) is 17.4 Å². The van der Waals surface area contributed by atoms with E-state index in [4.69, 9.17) is 4.98 Å². The number of anilines is 1. The number of aromatic nitrogens is 2. The first kappa shape index (κ1) is 28.1. The molecule has 3 heterocycles.